The third-order valence-corrected chi connectivity index (χ3v) is 5.66. The second-order valence-electron chi connectivity index (χ2n) is 6.49. The Morgan fingerprint density at radius 1 is 1.16 bits per heavy atom. The van der Waals surface area contributed by atoms with Crippen LogP contribution in [0, 0.1) is 6.92 Å². The Morgan fingerprint density at radius 3 is 2.72 bits per heavy atom. The number of aromatic nitrogens is 3. The summed E-state index contributed by atoms with van der Waals surface area (Å²) in [5, 5.41) is 5.34. The van der Waals surface area contributed by atoms with E-state index in [4.69, 9.17) is 0 Å². The molecule has 1 aromatic carbocycles. The molecular formula is C19H16N4OS. The zero-order valence-corrected chi connectivity index (χ0v) is 14.5. The number of rotatable bonds is 3. The van der Waals surface area contributed by atoms with E-state index in [0.717, 1.165) is 31.8 Å². The molecule has 0 unspecified atom stereocenters. The van der Waals surface area contributed by atoms with Crippen LogP contribution in [0.5, 0.6) is 0 Å². The Hall–Kier alpha value is -2.73. The number of thiophene rings is 1. The minimum Gasteiger partial charge on any atom is -0.367 e. The van der Waals surface area contributed by atoms with Gasteiger partial charge in [-0.1, -0.05) is 17.7 Å². The number of hydrogen-bond donors (Lipinski definition) is 1. The summed E-state index contributed by atoms with van der Waals surface area (Å²) in [7, 11) is 0. The van der Waals surface area contributed by atoms with Crippen molar-refractivity contribution in [1.29, 1.82) is 0 Å². The first-order valence-electron chi connectivity index (χ1n) is 8.33. The molecule has 1 fully saturated rings. The molecule has 0 saturated heterocycles. The number of hydrogen-bond acceptors (Lipinski definition) is 5. The fourth-order valence-corrected chi connectivity index (χ4v) is 4.11. The Kier molecular flexibility index (Phi) is 3.15. The van der Waals surface area contributed by atoms with Crippen LogP contribution in [0.15, 0.2) is 47.7 Å². The number of aryl methyl sites for hydroxylation is 1. The molecule has 1 saturated carbocycles. The van der Waals surface area contributed by atoms with Crippen LogP contribution < -0.4 is 10.9 Å². The number of pyridine rings is 1. The Morgan fingerprint density at radius 2 is 1.96 bits per heavy atom. The average Bonchev–Trinajstić information content (AvgIpc) is 3.34. The minimum atomic E-state index is -0.0123. The summed E-state index contributed by atoms with van der Waals surface area (Å²) in [6.45, 7) is 2.04. The van der Waals surface area contributed by atoms with Crippen LogP contribution in [0.1, 0.15) is 18.4 Å². The highest BCUT2D eigenvalue weighted by Crippen LogP contribution is 2.36. The molecule has 6 heteroatoms. The van der Waals surface area contributed by atoms with E-state index in [1.165, 1.54) is 29.7 Å². The van der Waals surface area contributed by atoms with Gasteiger partial charge in [-0.15, -0.1) is 11.3 Å². The van der Waals surface area contributed by atoms with Crippen molar-refractivity contribution in [2.45, 2.75) is 25.8 Å². The number of anilines is 1. The van der Waals surface area contributed by atoms with E-state index >= 15 is 0 Å². The van der Waals surface area contributed by atoms with Crippen LogP contribution in [0.2, 0.25) is 0 Å². The van der Waals surface area contributed by atoms with Gasteiger partial charge in [0.2, 0.25) is 0 Å². The molecule has 5 rings (SSSR count). The number of nitrogens with one attached hydrogen (secondary N) is 1. The van der Waals surface area contributed by atoms with Gasteiger partial charge >= 0.3 is 0 Å². The molecule has 124 valence electrons. The zero-order chi connectivity index (χ0) is 17.0. The third kappa shape index (κ3) is 2.41. The maximum Gasteiger partial charge on any atom is 0.273 e. The number of fused-ring (bicyclic) bond motifs is 3. The van der Waals surface area contributed by atoms with Gasteiger partial charge in [0, 0.05) is 23.3 Å². The van der Waals surface area contributed by atoms with Crippen LogP contribution in [0.4, 0.5) is 5.82 Å². The van der Waals surface area contributed by atoms with Crippen molar-refractivity contribution < 1.29 is 0 Å². The van der Waals surface area contributed by atoms with Gasteiger partial charge in [0.25, 0.3) is 5.56 Å². The molecule has 1 N–H and O–H groups in total. The van der Waals surface area contributed by atoms with Gasteiger partial charge in [0.05, 0.1) is 5.39 Å². The second kappa shape index (κ2) is 5.39. The van der Waals surface area contributed by atoms with Crippen molar-refractivity contribution in [3.63, 3.8) is 0 Å². The Balaban J connectivity index is 1.74. The van der Waals surface area contributed by atoms with Crippen molar-refractivity contribution >= 4 is 37.5 Å². The molecule has 3 aromatic heterocycles. The standard InChI is InChI=1S/C19H16N4OS/c1-11-2-6-13(7-3-11)23-9-8-14-15-17(22-12-4-5-12)20-10-21-18(15)25-16(14)19(23)24/h2-3,6-10,12H,4-5H2,1H3,(H,20,21,22). The number of nitrogens with zero attached hydrogens (tertiary/aromatic N) is 3. The van der Waals surface area contributed by atoms with E-state index in [1.807, 2.05) is 43.5 Å². The quantitative estimate of drug-likeness (QED) is 0.610. The first-order chi connectivity index (χ1) is 12.2. The first kappa shape index (κ1) is 14.6. The molecular weight excluding hydrogens is 332 g/mol. The predicted octanol–water partition coefficient (Wildman–Crippen LogP) is 3.88. The van der Waals surface area contributed by atoms with Gasteiger partial charge in [0.1, 0.15) is 21.7 Å². The third-order valence-electron chi connectivity index (χ3n) is 4.56. The lowest BCUT2D eigenvalue weighted by molar-refractivity contribution is 1.01. The lowest BCUT2D eigenvalue weighted by Crippen LogP contribution is -2.16. The second-order valence-corrected chi connectivity index (χ2v) is 7.49. The van der Waals surface area contributed by atoms with E-state index in [2.05, 4.69) is 15.3 Å². The van der Waals surface area contributed by atoms with Crippen molar-refractivity contribution in [3.05, 3.63) is 58.8 Å². The molecule has 0 radical (unpaired) electrons. The highest BCUT2D eigenvalue weighted by atomic mass is 32.1. The van der Waals surface area contributed by atoms with E-state index in [0.29, 0.717) is 6.04 Å². The van der Waals surface area contributed by atoms with Gasteiger partial charge in [-0.3, -0.25) is 9.36 Å². The summed E-state index contributed by atoms with van der Waals surface area (Å²) in [4.78, 5) is 22.7. The monoisotopic (exact) mass is 348 g/mol. The van der Waals surface area contributed by atoms with E-state index in [1.54, 1.807) is 10.9 Å². The molecule has 25 heavy (non-hydrogen) atoms. The van der Waals surface area contributed by atoms with Crippen molar-refractivity contribution in [2.75, 3.05) is 5.32 Å². The summed E-state index contributed by atoms with van der Waals surface area (Å²) in [6, 6.07) is 10.5. The maximum atomic E-state index is 13.0. The zero-order valence-electron chi connectivity index (χ0n) is 13.7. The molecule has 0 amide bonds. The van der Waals surface area contributed by atoms with E-state index < -0.39 is 0 Å². The normalized spacial score (nSPS) is 14.3. The Labute approximate surface area is 148 Å². The van der Waals surface area contributed by atoms with Crippen LogP contribution >= 0.6 is 11.3 Å². The summed E-state index contributed by atoms with van der Waals surface area (Å²) in [6.07, 6.45) is 5.76. The van der Waals surface area contributed by atoms with Crippen molar-refractivity contribution in [3.8, 4) is 5.69 Å². The SMILES string of the molecule is Cc1ccc(-n2ccc3c(sc4ncnc(NC5CC5)c43)c2=O)cc1. The summed E-state index contributed by atoms with van der Waals surface area (Å²) >= 11 is 1.44. The van der Waals surface area contributed by atoms with Crippen molar-refractivity contribution in [1.82, 2.24) is 14.5 Å². The lowest BCUT2D eigenvalue weighted by Gasteiger charge is -2.07. The van der Waals surface area contributed by atoms with Gasteiger partial charge < -0.3 is 5.32 Å². The summed E-state index contributed by atoms with van der Waals surface area (Å²) in [5.74, 6) is 0.839. The van der Waals surface area contributed by atoms with Gasteiger partial charge in [-0.25, -0.2) is 9.97 Å². The fraction of sp³-hybridized carbons (Fsp3) is 0.211. The topological polar surface area (TPSA) is 59.8 Å². The molecule has 0 atom stereocenters. The van der Waals surface area contributed by atoms with Gasteiger partial charge in [-0.05, 0) is 38.0 Å². The molecule has 1 aliphatic rings. The van der Waals surface area contributed by atoms with E-state index in [-0.39, 0.29) is 5.56 Å². The van der Waals surface area contributed by atoms with Crippen molar-refractivity contribution in [2.24, 2.45) is 0 Å². The lowest BCUT2D eigenvalue weighted by atomic mass is 10.2. The van der Waals surface area contributed by atoms with Gasteiger partial charge in [-0.2, -0.15) is 0 Å². The Bertz CT molecular complexity index is 1160. The molecule has 5 nitrogen and oxygen atoms in total. The molecule has 4 aromatic rings. The minimum absolute atomic E-state index is 0.0123. The largest absolute Gasteiger partial charge is 0.367 e. The van der Waals surface area contributed by atoms with Crippen LogP contribution in [0.3, 0.4) is 0 Å². The number of benzene rings is 1. The van der Waals surface area contributed by atoms with Crippen LogP contribution in [-0.4, -0.2) is 20.6 Å². The average molecular weight is 348 g/mol. The highest BCUT2D eigenvalue weighted by molar-refractivity contribution is 7.25. The molecule has 0 spiro atoms. The molecule has 0 aliphatic heterocycles. The maximum absolute atomic E-state index is 13.0. The van der Waals surface area contributed by atoms with Gasteiger partial charge in [0.15, 0.2) is 0 Å². The molecule has 3 heterocycles. The molecule has 0 bridgehead atoms. The van der Waals surface area contributed by atoms with Crippen LogP contribution in [0.25, 0.3) is 26.0 Å². The first-order valence-corrected chi connectivity index (χ1v) is 9.15. The summed E-state index contributed by atoms with van der Waals surface area (Å²) in [5.41, 5.74) is 2.03. The highest BCUT2D eigenvalue weighted by Gasteiger charge is 2.24. The predicted molar refractivity (Wildman–Crippen MR) is 102 cm³/mol. The van der Waals surface area contributed by atoms with E-state index in [9.17, 15) is 4.79 Å². The molecule has 1 aliphatic carbocycles. The smallest absolute Gasteiger partial charge is 0.273 e. The fourth-order valence-electron chi connectivity index (χ4n) is 3.04. The van der Waals surface area contributed by atoms with Crippen LogP contribution in [-0.2, 0) is 0 Å². The summed E-state index contributed by atoms with van der Waals surface area (Å²) < 4.78 is 2.41.